The van der Waals surface area contributed by atoms with E-state index in [2.05, 4.69) is 61.1 Å². The minimum Gasteiger partial charge on any atom is -0.368 e. The van der Waals surface area contributed by atoms with E-state index < -0.39 is 0 Å². The Balaban J connectivity index is 1.95. The molecule has 1 unspecified atom stereocenters. The van der Waals surface area contributed by atoms with Crippen molar-refractivity contribution in [3.63, 3.8) is 0 Å². The molecule has 0 spiro atoms. The standard InChI is InChI=1S/C13H20BrNOS/c1-12(2)7-10(13(3,4)16-12)15-8-9-5-6-11(14)17-9/h5-6,10,15H,7-8H2,1-4H3. The van der Waals surface area contributed by atoms with Gasteiger partial charge in [0.2, 0.25) is 0 Å². The molecule has 2 heterocycles. The molecule has 0 amide bonds. The van der Waals surface area contributed by atoms with Crippen LogP contribution in [-0.2, 0) is 11.3 Å². The Morgan fingerprint density at radius 1 is 1.41 bits per heavy atom. The average Bonchev–Trinajstić information content (AvgIpc) is 2.64. The second-order valence-corrected chi connectivity index (χ2v) is 8.36. The van der Waals surface area contributed by atoms with Crippen LogP contribution in [0.4, 0.5) is 0 Å². The van der Waals surface area contributed by atoms with Crippen LogP contribution in [0.25, 0.3) is 0 Å². The Morgan fingerprint density at radius 3 is 2.59 bits per heavy atom. The van der Waals surface area contributed by atoms with Crippen LogP contribution in [0.1, 0.15) is 39.0 Å². The van der Waals surface area contributed by atoms with E-state index in [1.165, 1.54) is 8.66 Å². The van der Waals surface area contributed by atoms with E-state index >= 15 is 0 Å². The molecular formula is C13H20BrNOS. The number of thiophene rings is 1. The molecule has 4 heteroatoms. The Hall–Kier alpha value is 0.1000. The van der Waals surface area contributed by atoms with E-state index in [1.807, 2.05) is 0 Å². The summed E-state index contributed by atoms with van der Waals surface area (Å²) in [4.78, 5) is 1.36. The lowest BCUT2D eigenvalue weighted by molar-refractivity contribution is -0.0699. The largest absolute Gasteiger partial charge is 0.368 e. The SMILES string of the molecule is CC1(C)CC(NCc2ccc(Br)s2)C(C)(C)O1. The van der Waals surface area contributed by atoms with Crippen LogP contribution in [0, 0.1) is 0 Å². The zero-order valence-corrected chi connectivity index (χ0v) is 13.2. The highest BCUT2D eigenvalue weighted by atomic mass is 79.9. The Kier molecular flexibility index (Phi) is 3.70. The van der Waals surface area contributed by atoms with Crippen molar-refractivity contribution in [1.82, 2.24) is 5.32 Å². The summed E-state index contributed by atoms with van der Waals surface area (Å²) >= 11 is 5.28. The fourth-order valence-corrected chi connectivity index (χ4v) is 3.98. The van der Waals surface area contributed by atoms with Crippen molar-refractivity contribution in [2.45, 2.75) is 57.9 Å². The molecule has 1 saturated heterocycles. The molecular weight excluding hydrogens is 298 g/mol. The van der Waals surface area contributed by atoms with Crippen molar-refractivity contribution >= 4 is 27.3 Å². The summed E-state index contributed by atoms with van der Waals surface area (Å²) in [7, 11) is 0. The highest BCUT2D eigenvalue weighted by Crippen LogP contribution is 2.37. The zero-order valence-electron chi connectivity index (χ0n) is 10.8. The number of rotatable bonds is 3. The first-order chi connectivity index (χ1) is 7.78. The number of hydrogen-bond donors (Lipinski definition) is 1. The van der Waals surface area contributed by atoms with Gasteiger partial charge in [0.1, 0.15) is 0 Å². The Morgan fingerprint density at radius 2 is 2.12 bits per heavy atom. The third-order valence-electron chi connectivity index (χ3n) is 3.23. The number of halogens is 1. The van der Waals surface area contributed by atoms with Crippen molar-refractivity contribution < 1.29 is 4.74 Å². The molecule has 2 nitrogen and oxygen atoms in total. The molecule has 0 saturated carbocycles. The molecule has 0 radical (unpaired) electrons. The third kappa shape index (κ3) is 3.31. The van der Waals surface area contributed by atoms with Gasteiger partial charge in [-0.2, -0.15) is 0 Å². The van der Waals surface area contributed by atoms with Gasteiger partial charge in [0, 0.05) is 17.5 Å². The third-order valence-corrected chi connectivity index (χ3v) is 4.85. The Bertz CT molecular complexity index is 400. The van der Waals surface area contributed by atoms with Gasteiger partial charge in [0.05, 0.1) is 15.0 Å². The summed E-state index contributed by atoms with van der Waals surface area (Å²) in [5.41, 5.74) is -0.102. The number of hydrogen-bond acceptors (Lipinski definition) is 3. The van der Waals surface area contributed by atoms with Gasteiger partial charge in [-0.25, -0.2) is 0 Å². The fraction of sp³-hybridized carbons (Fsp3) is 0.692. The smallest absolute Gasteiger partial charge is 0.0787 e. The van der Waals surface area contributed by atoms with E-state index in [9.17, 15) is 0 Å². The highest BCUT2D eigenvalue weighted by Gasteiger charge is 2.45. The van der Waals surface area contributed by atoms with Gasteiger partial charge in [-0.3, -0.25) is 0 Å². The maximum atomic E-state index is 6.07. The molecule has 96 valence electrons. The summed E-state index contributed by atoms with van der Waals surface area (Å²) < 4.78 is 7.27. The van der Waals surface area contributed by atoms with Gasteiger partial charge < -0.3 is 10.1 Å². The van der Waals surface area contributed by atoms with Crippen molar-refractivity contribution in [3.8, 4) is 0 Å². The first-order valence-electron chi connectivity index (χ1n) is 5.96. The normalized spacial score (nSPS) is 26.3. The van der Waals surface area contributed by atoms with Gasteiger partial charge >= 0.3 is 0 Å². The quantitative estimate of drug-likeness (QED) is 0.911. The van der Waals surface area contributed by atoms with Crippen molar-refractivity contribution in [1.29, 1.82) is 0 Å². The van der Waals surface area contributed by atoms with E-state index in [4.69, 9.17) is 4.74 Å². The summed E-state index contributed by atoms with van der Waals surface area (Å²) in [6.45, 7) is 9.59. The predicted octanol–water partition coefficient (Wildman–Crippen LogP) is 3.95. The van der Waals surface area contributed by atoms with E-state index in [1.54, 1.807) is 11.3 Å². The molecule has 0 aliphatic carbocycles. The van der Waals surface area contributed by atoms with Crippen molar-refractivity contribution in [2.75, 3.05) is 0 Å². The topological polar surface area (TPSA) is 21.3 Å². The lowest BCUT2D eigenvalue weighted by atomic mass is 9.94. The molecule has 1 atom stereocenters. The average molecular weight is 318 g/mol. The molecule has 0 bridgehead atoms. The van der Waals surface area contributed by atoms with Crippen LogP contribution in [0.15, 0.2) is 15.9 Å². The summed E-state index contributed by atoms with van der Waals surface area (Å²) in [5.74, 6) is 0. The second kappa shape index (κ2) is 4.65. The maximum absolute atomic E-state index is 6.07. The first-order valence-corrected chi connectivity index (χ1v) is 7.57. The molecule has 1 aliphatic heterocycles. The van der Waals surface area contributed by atoms with Gasteiger partial charge in [-0.05, 0) is 62.2 Å². The van der Waals surface area contributed by atoms with Crippen LogP contribution in [-0.4, -0.2) is 17.2 Å². The fourth-order valence-electron chi connectivity index (χ4n) is 2.55. The van der Waals surface area contributed by atoms with Gasteiger partial charge in [0.25, 0.3) is 0 Å². The summed E-state index contributed by atoms with van der Waals surface area (Å²) in [5, 5.41) is 3.62. The Labute approximate surface area is 116 Å². The summed E-state index contributed by atoms with van der Waals surface area (Å²) in [6, 6.07) is 4.68. The van der Waals surface area contributed by atoms with Crippen molar-refractivity contribution in [3.05, 3.63) is 20.8 Å². The van der Waals surface area contributed by atoms with E-state index in [0.29, 0.717) is 6.04 Å². The van der Waals surface area contributed by atoms with Crippen LogP contribution in [0.2, 0.25) is 0 Å². The molecule has 2 rings (SSSR count). The molecule has 1 aliphatic rings. The maximum Gasteiger partial charge on any atom is 0.0787 e. The van der Waals surface area contributed by atoms with Gasteiger partial charge in [0.15, 0.2) is 0 Å². The lowest BCUT2D eigenvalue weighted by Crippen LogP contribution is -2.42. The van der Waals surface area contributed by atoms with Crippen LogP contribution >= 0.6 is 27.3 Å². The van der Waals surface area contributed by atoms with Crippen LogP contribution < -0.4 is 5.32 Å². The highest BCUT2D eigenvalue weighted by molar-refractivity contribution is 9.11. The minimum absolute atomic E-state index is 0.0167. The van der Waals surface area contributed by atoms with Gasteiger partial charge in [-0.15, -0.1) is 11.3 Å². The minimum atomic E-state index is -0.0853. The van der Waals surface area contributed by atoms with Crippen LogP contribution in [0.3, 0.4) is 0 Å². The molecule has 1 aromatic heterocycles. The predicted molar refractivity (Wildman–Crippen MR) is 76.5 cm³/mol. The molecule has 1 aromatic rings. The first kappa shape index (κ1) is 13.5. The molecule has 1 fully saturated rings. The monoisotopic (exact) mass is 317 g/mol. The number of ether oxygens (including phenoxy) is 1. The lowest BCUT2D eigenvalue weighted by Gasteiger charge is -2.27. The van der Waals surface area contributed by atoms with Gasteiger partial charge in [-0.1, -0.05) is 0 Å². The van der Waals surface area contributed by atoms with Crippen LogP contribution in [0.5, 0.6) is 0 Å². The van der Waals surface area contributed by atoms with E-state index in [-0.39, 0.29) is 11.2 Å². The second-order valence-electron chi connectivity index (χ2n) is 5.81. The van der Waals surface area contributed by atoms with Crippen molar-refractivity contribution in [2.24, 2.45) is 0 Å². The molecule has 1 N–H and O–H groups in total. The zero-order chi connectivity index (χ0) is 12.7. The number of nitrogens with one attached hydrogen (secondary N) is 1. The molecule has 17 heavy (non-hydrogen) atoms. The summed E-state index contributed by atoms with van der Waals surface area (Å²) in [6.07, 6.45) is 1.06. The van der Waals surface area contributed by atoms with E-state index in [0.717, 1.165) is 13.0 Å². The molecule has 0 aromatic carbocycles.